The summed E-state index contributed by atoms with van der Waals surface area (Å²) in [5.41, 5.74) is 0. The number of carbonyl (C=O) groups excluding carboxylic acids is 1. The Morgan fingerprint density at radius 1 is 1.48 bits per heavy atom. The normalized spacial score (nSPS) is 18.9. The fourth-order valence-corrected chi connectivity index (χ4v) is 3.10. The average Bonchev–Trinajstić information content (AvgIpc) is 3.01. The van der Waals surface area contributed by atoms with Crippen molar-refractivity contribution in [3.05, 3.63) is 22.4 Å². The van der Waals surface area contributed by atoms with Gasteiger partial charge in [0, 0.05) is 24.5 Å². The molecular formula is C14H20N2O4S. The SMILES string of the molecule is CC(C(=O)O)C(=O)NCC(c1cccs1)N1CCOCC1. The Kier molecular flexibility index (Phi) is 5.72. The van der Waals surface area contributed by atoms with Crippen molar-refractivity contribution in [1.29, 1.82) is 0 Å². The molecule has 116 valence electrons. The minimum Gasteiger partial charge on any atom is -0.481 e. The molecule has 0 spiro atoms. The summed E-state index contributed by atoms with van der Waals surface area (Å²) in [6.07, 6.45) is 0. The van der Waals surface area contributed by atoms with Crippen LogP contribution < -0.4 is 5.32 Å². The van der Waals surface area contributed by atoms with Gasteiger partial charge in [-0.2, -0.15) is 0 Å². The molecular weight excluding hydrogens is 292 g/mol. The van der Waals surface area contributed by atoms with Crippen molar-refractivity contribution in [2.75, 3.05) is 32.8 Å². The number of nitrogens with one attached hydrogen (secondary N) is 1. The molecule has 1 aliphatic heterocycles. The van der Waals surface area contributed by atoms with E-state index in [2.05, 4.69) is 10.2 Å². The first-order chi connectivity index (χ1) is 10.1. The summed E-state index contributed by atoms with van der Waals surface area (Å²) in [6.45, 7) is 4.80. The fraction of sp³-hybridized carbons (Fsp3) is 0.571. The Labute approximate surface area is 127 Å². The van der Waals surface area contributed by atoms with Gasteiger partial charge in [0.25, 0.3) is 0 Å². The van der Waals surface area contributed by atoms with Crippen LogP contribution in [0.3, 0.4) is 0 Å². The van der Waals surface area contributed by atoms with Gasteiger partial charge in [-0.25, -0.2) is 0 Å². The maximum atomic E-state index is 11.8. The quantitative estimate of drug-likeness (QED) is 0.765. The summed E-state index contributed by atoms with van der Waals surface area (Å²) in [7, 11) is 0. The highest BCUT2D eigenvalue weighted by atomic mass is 32.1. The van der Waals surface area contributed by atoms with Gasteiger partial charge in [0.15, 0.2) is 0 Å². The number of ether oxygens (including phenoxy) is 1. The highest BCUT2D eigenvalue weighted by molar-refractivity contribution is 7.10. The third-order valence-corrected chi connectivity index (χ3v) is 4.56. The largest absolute Gasteiger partial charge is 0.481 e. The Morgan fingerprint density at radius 3 is 2.76 bits per heavy atom. The van der Waals surface area contributed by atoms with Gasteiger partial charge >= 0.3 is 5.97 Å². The number of nitrogens with zero attached hydrogens (tertiary/aromatic N) is 1. The zero-order chi connectivity index (χ0) is 15.2. The number of rotatable bonds is 6. The molecule has 2 atom stereocenters. The van der Waals surface area contributed by atoms with Crippen LogP contribution in [0.25, 0.3) is 0 Å². The lowest BCUT2D eigenvalue weighted by molar-refractivity contribution is -0.146. The van der Waals surface area contributed by atoms with Crippen LogP contribution in [0.4, 0.5) is 0 Å². The molecule has 0 aliphatic carbocycles. The van der Waals surface area contributed by atoms with Gasteiger partial charge in [-0.3, -0.25) is 14.5 Å². The molecule has 1 saturated heterocycles. The lowest BCUT2D eigenvalue weighted by Gasteiger charge is -2.34. The lowest BCUT2D eigenvalue weighted by atomic mass is 10.1. The Morgan fingerprint density at radius 2 is 2.19 bits per heavy atom. The lowest BCUT2D eigenvalue weighted by Crippen LogP contribution is -2.44. The second-order valence-electron chi connectivity index (χ2n) is 4.98. The molecule has 2 unspecified atom stereocenters. The Bertz CT molecular complexity index is 471. The number of carbonyl (C=O) groups is 2. The third kappa shape index (κ3) is 4.26. The zero-order valence-electron chi connectivity index (χ0n) is 11.9. The van der Waals surface area contributed by atoms with E-state index >= 15 is 0 Å². The predicted molar refractivity (Wildman–Crippen MR) is 79.3 cm³/mol. The number of amides is 1. The molecule has 2 heterocycles. The van der Waals surface area contributed by atoms with E-state index in [0.717, 1.165) is 13.1 Å². The number of hydrogen-bond donors (Lipinski definition) is 2. The molecule has 0 bridgehead atoms. The summed E-state index contributed by atoms with van der Waals surface area (Å²) in [4.78, 5) is 26.1. The van der Waals surface area contributed by atoms with Crippen molar-refractivity contribution < 1.29 is 19.4 Å². The highest BCUT2D eigenvalue weighted by Gasteiger charge is 2.26. The van der Waals surface area contributed by atoms with Gasteiger partial charge in [-0.15, -0.1) is 11.3 Å². The molecule has 0 saturated carbocycles. The van der Waals surface area contributed by atoms with Crippen LogP contribution in [0.2, 0.25) is 0 Å². The number of thiophene rings is 1. The number of carboxylic acid groups (broad SMARTS) is 1. The number of carboxylic acids is 1. The van der Waals surface area contributed by atoms with Crippen LogP contribution >= 0.6 is 11.3 Å². The first-order valence-electron chi connectivity index (χ1n) is 6.95. The van der Waals surface area contributed by atoms with Crippen LogP contribution in [0, 0.1) is 5.92 Å². The fourth-order valence-electron chi connectivity index (χ4n) is 2.24. The summed E-state index contributed by atoms with van der Waals surface area (Å²) in [5, 5.41) is 13.6. The van der Waals surface area contributed by atoms with E-state index in [1.807, 2.05) is 17.5 Å². The van der Waals surface area contributed by atoms with Crippen molar-refractivity contribution in [1.82, 2.24) is 10.2 Å². The van der Waals surface area contributed by atoms with Crippen molar-refractivity contribution in [3.8, 4) is 0 Å². The zero-order valence-corrected chi connectivity index (χ0v) is 12.8. The van der Waals surface area contributed by atoms with Crippen molar-refractivity contribution in [2.45, 2.75) is 13.0 Å². The summed E-state index contributed by atoms with van der Waals surface area (Å²) in [5.74, 6) is -2.58. The van der Waals surface area contributed by atoms with E-state index in [1.165, 1.54) is 11.8 Å². The monoisotopic (exact) mass is 312 g/mol. The first kappa shape index (κ1) is 15.9. The molecule has 1 fully saturated rings. The van der Waals surface area contributed by atoms with E-state index in [9.17, 15) is 9.59 Å². The summed E-state index contributed by atoms with van der Waals surface area (Å²) >= 11 is 1.64. The number of morpholine rings is 1. The molecule has 21 heavy (non-hydrogen) atoms. The molecule has 0 radical (unpaired) electrons. The average molecular weight is 312 g/mol. The van der Waals surface area contributed by atoms with E-state index < -0.39 is 17.8 Å². The van der Waals surface area contributed by atoms with E-state index in [1.54, 1.807) is 11.3 Å². The third-order valence-electron chi connectivity index (χ3n) is 3.59. The Balaban J connectivity index is 1.99. The van der Waals surface area contributed by atoms with Gasteiger partial charge in [0.05, 0.1) is 19.3 Å². The number of aliphatic carboxylic acids is 1. The van der Waals surface area contributed by atoms with Crippen LogP contribution in [0.1, 0.15) is 17.8 Å². The molecule has 1 aliphatic rings. The second-order valence-corrected chi connectivity index (χ2v) is 5.96. The van der Waals surface area contributed by atoms with E-state index in [0.29, 0.717) is 19.8 Å². The summed E-state index contributed by atoms with van der Waals surface area (Å²) < 4.78 is 5.36. The molecule has 1 aromatic rings. The minimum atomic E-state index is -1.11. The van der Waals surface area contributed by atoms with E-state index in [4.69, 9.17) is 9.84 Å². The second kappa shape index (κ2) is 7.53. The van der Waals surface area contributed by atoms with Gasteiger partial charge < -0.3 is 15.2 Å². The van der Waals surface area contributed by atoms with E-state index in [-0.39, 0.29) is 6.04 Å². The van der Waals surface area contributed by atoms with Crippen molar-refractivity contribution in [2.24, 2.45) is 5.92 Å². The molecule has 0 aromatic carbocycles. The van der Waals surface area contributed by atoms with Crippen LogP contribution in [-0.4, -0.2) is 54.7 Å². The molecule has 7 heteroatoms. The minimum absolute atomic E-state index is 0.0684. The Hall–Kier alpha value is -1.44. The predicted octanol–water partition coefficient (Wildman–Crippen LogP) is 0.958. The first-order valence-corrected chi connectivity index (χ1v) is 7.83. The smallest absolute Gasteiger partial charge is 0.315 e. The standard InChI is InChI=1S/C14H20N2O4S/c1-10(14(18)19)13(17)15-9-11(12-3-2-8-21-12)16-4-6-20-7-5-16/h2-3,8,10-11H,4-7,9H2,1H3,(H,15,17)(H,18,19). The van der Waals surface area contributed by atoms with Gasteiger partial charge in [-0.05, 0) is 18.4 Å². The van der Waals surface area contributed by atoms with Crippen LogP contribution in [-0.2, 0) is 14.3 Å². The summed E-state index contributed by atoms with van der Waals surface area (Å²) in [6, 6.07) is 4.09. The maximum absolute atomic E-state index is 11.8. The molecule has 2 rings (SSSR count). The molecule has 1 aromatic heterocycles. The topological polar surface area (TPSA) is 78.9 Å². The maximum Gasteiger partial charge on any atom is 0.315 e. The molecule has 2 N–H and O–H groups in total. The van der Waals surface area contributed by atoms with Crippen molar-refractivity contribution >= 4 is 23.2 Å². The van der Waals surface area contributed by atoms with Gasteiger partial charge in [-0.1, -0.05) is 6.07 Å². The van der Waals surface area contributed by atoms with Gasteiger partial charge in [0.2, 0.25) is 5.91 Å². The molecule has 1 amide bonds. The van der Waals surface area contributed by atoms with Crippen LogP contribution in [0.5, 0.6) is 0 Å². The highest BCUT2D eigenvalue weighted by Crippen LogP contribution is 2.25. The van der Waals surface area contributed by atoms with Crippen molar-refractivity contribution in [3.63, 3.8) is 0 Å². The molecule has 6 nitrogen and oxygen atoms in total. The van der Waals surface area contributed by atoms with Gasteiger partial charge in [0.1, 0.15) is 5.92 Å². The van der Waals surface area contributed by atoms with Crippen LogP contribution in [0.15, 0.2) is 17.5 Å². The number of hydrogen-bond acceptors (Lipinski definition) is 5.